The number of halogens is 2. The van der Waals surface area contributed by atoms with Crippen LogP contribution in [0.2, 0.25) is 10.4 Å². The summed E-state index contributed by atoms with van der Waals surface area (Å²) >= 11 is 11.1. The zero-order valence-corrected chi connectivity index (χ0v) is 7.39. The van der Waals surface area contributed by atoms with Crippen molar-refractivity contribution in [2.24, 2.45) is 5.73 Å². The molecule has 0 aliphatic heterocycles. The van der Waals surface area contributed by atoms with Gasteiger partial charge in [-0.25, -0.2) is 9.97 Å². The zero-order chi connectivity index (χ0) is 8.43. The standard InChI is InChI=1S/C6H7Cl2N3/c1-3(9)4-2-5(7)11-6(8)10-4/h2-3H,9H2,1H3/t3-/m0/s1. The first-order valence-electron chi connectivity index (χ1n) is 3.05. The van der Waals surface area contributed by atoms with E-state index in [9.17, 15) is 0 Å². The van der Waals surface area contributed by atoms with Crippen molar-refractivity contribution in [2.75, 3.05) is 0 Å². The predicted molar refractivity (Wildman–Crippen MR) is 44.7 cm³/mol. The summed E-state index contributed by atoms with van der Waals surface area (Å²) in [5, 5.41) is 0.446. The molecule has 0 radical (unpaired) electrons. The van der Waals surface area contributed by atoms with Crippen molar-refractivity contribution >= 4 is 23.2 Å². The Morgan fingerprint density at radius 3 is 2.55 bits per heavy atom. The summed E-state index contributed by atoms with van der Waals surface area (Å²) in [5.74, 6) is 0. The monoisotopic (exact) mass is 191 g/mol. The highest BCUT2D eigenvalue weighted by Crippen LogP contribution is 2.14. The topological polar surface area (TPSA) is 51.8 Å². The van der Waals surface area contributed by atoms with Gasteiger partial charge in [0.2, 0.25) is 5.28 Å². The summed E-state index contributed by atoms with van der Waals surface area (Å²) in [7, 11) is 0. The number of rotatable bonds is 1. The number of nitrogens with zero attached hydrogens (tertiary/aromatic N) is 2. The van der Waals surface area contributed by atoms with Gasteiger partial charge in [0.05, 0.1) is 5.69 Å². The van der Waals surface area contributed by atoms with E-state index in [4.69, 9.17) is 28.9 Å². The van der Waals surface area contributed by atoms with Crippen LogP contribution in [0.3, 0.4) is 0 Å². The maximum absolute atomic E-state index is 5.60. The van der Waals surface area contributed by atoms with Crippen LogP contribution < -0.4 is 5.73 Å². The Bertz CT molecular complexity index is 242. The van der Waals surface area contributed by atoms with Crippen LogP contribution in [-0.4, -0.2) is 9.97 Å². The van der Waals surface area contributed by atoms with Crippen molar-refractivity contribution in [1.29, 1.82) is 0 Å². The fraction of sp³-hybridized carbons (Fsp3) is 0.333. The second-order valence-corrected chi connectivity index (χ2v) is 2.90. The molecule has 3 nitrogen and oxygen atoms in total. The van der Waals surface area contributed by atoms with Crippen LogP contribution in [0.1, 0.15) is 18.7 Å². The zero-order valence-electron chi connectivity index (χ0n) is 5.88. The molecule has 0 aliphatic rings. The van der Waals surface area contributed by atoms with Crippen LogP contribution in [0.4, 0.5) is 0 Å². The first-order valence-corrected chi connectivity index (χ1v) is 3.81. The van der Waals surface area contributed by atoms with Gasteiger partial charge in [-0.2, -0.15) is 0 Å². The second-order valence-electron chi connectivity index (χ2n) is 2.17. The Kier molecular flexibility index (Phi) is 2.65. The highest BCUT2D eigenvalue weighted by molar-refractivity contribution is 6.31. The first kappa shape index (κ1) is 8.71. The highest BCUT2D eigenvalue weighted by atomic mass is 35.5. The Morgan fingerprint density at radius 1 is 1.45 bits per heavy atom. The lowest BCUT2D eigenvalue weighted by Crippen LogP contribution is -2.07. The molecule has 1 aromatic rings. The molecule has 0 unspecified atom stereocenters. The number of aromatic nitrogens is 2. The summed E-state index contributed by atoms with van der Waals surface area (Å²) in [6, 6.07) is 1.42. The van der Waals surface area contributed by atoms with E-state index in [0.717, 1.165) is 0 Å². The largest absolute Gasteiger partial charge is 0.323 e. The molecule has 0 amide bonds. The van der Waals surface area contributed by atoms with Gasteiger partial charge in [-0.05, 0) is 24.6 Å². The molecule has 0 spiro atoms. The van der Waals surface area contributed by atoms with Crippen LogP contribution in [0.25, 0.3) is 0 Å². The van der Waals surface area contributed by atoms with Crippen LogP contribution in [-0.2, 0) is 0 Å². The molecular weight excluding hydrogens is 185 g/mol. The van der Waals surface area contributed by atoms with Gasteiger partial charge in [0.25, 0.3) is 0 Å². The molecule has 1 rings (SSSR count). The molecule has 1 atom stereocenters. The van der Waals surface area contributed by atoms with Gasteiger partial charge < -0.3 is 5.73 Å². The third kappa shape index (κ3) is 2.29. The smallest absolute Gasteiger partial charge is 0.224 e. The third-order valence-electron chi connectivity index (χ3n) is 1.15. The van der Waals surface area contributed by atoms with Crippen LogP contribution in [0, 0.1) is 0 Å². The molecule has 0 bridgehead atoms. The van der Waals surface area contributed by atoms with E-state index < -0.39 is 0 Å². The minimum Gasteiger partial charge on any atom is -0.323 e. The molecule has 0 saturated carbocycles. The number of hydrogen-bond acceptors (Lipinski definition) is 3. The molecule has 5 heteroatoms. The van der Waals surface area contributed by atoms with Gasteiger partial charge in [0, 0.05) is 6.04 Å². The van der Waals surface area contributed by atoms with Gasteiger partial charge in [-0.1, -0.05) is 11.6 Å². The summed E-state index contributed by atoms with van der Waals surface area (Å²) < 4.78 is 0. The molecule has 11 heavy (non-hydrogen) atoms. The van der Waals surface area contributed by atoms with E-state index in [0.29, 0.717) is 10.8 Å². The quantitative estimate of drug-likeness (QED) is 0.545. The highest BCUT2D eigenvalue weighted by Gasteiger charge is 2.04. The van der Waals surface area contributed by atoms with Crippen LogP contribution in [0.5, 0.6) is 0 Å². The SMILES string of the molecule is C[C@H](N)c1cc(Cl)nc(Cl)n1. The summed E-state index contributed by atoms with van der Waals surface area (Å²) in [6.45, 7) is 1.80. The number of nitrogens with two attached hydrogens (primary N) is 1. The first-order chi connectivity index (χ1) is 5.09. The maximum atomic E-state index is 5.60. The van der Waals surface area contributed by atoms with E-state index in [-0.39, 0.29) is 11.3 Å². The predicted octanol–water partition coefficient (Wildman–Crippen LogP) is 1.80. The second kappa shape index (κ2) is 3.34. The summed E-state index contributed by atoms with van der Waals surface area (Å²) in [6.07, 6.45) is 0. The fourth-order valence-corrected chi connectivity index (χ4v) is 1.06. The minimum absolute atomic E-state index is 0.129. The average molecular weight is 192 g/mol. The Morgan fingerprint density at radius 2 is 2.09 bits per heavy atom. The third-order valence-corrected chi connectivity index (χ3v) is 1.52. The molecule has 2 N–H and O–H groups in total. The Balaban J connectivity index is 3.08. The lowest BCUT2D eigenvalue weighted by atomic mass is 10.2. The molecule has 1 heterocycles. The van der Waals surface area contributed by atoms with E-state index in [2.05, 4.69) is 9.97 Å². The Hall–Kier alpha value is -0.380. The maximum Gasteiger partial charge on any atom is 0.224 e. The van der Waals surface area contributed by atoms with Gasteiger partial charge >= 0.3 is 0 Å². The molecule has 0 aliphatic carbocycles. The van der Waals surface area contributed by atoms with Gasteiger partial charge in [0.15, 0.2) is 0 Å². The number of hydrogen-bond donors (Lipinski definition) is 1. The van der Waals surface area contributed by atoms with Gasteiger partial charge in [-0.15, -0.1) is 0 Å². The van der Waals surface area contributed by atoms with Crippen LogP contribution in [0.15, 0.2) is 6.07 Å². The minimum atomic E-state index is -0.173. The summed E-state index contributed by atoms with van der Waals surface area (Å²) in [4.78, 5) is 7.56. The van der Waals surface area contributed by atoms with Gasteiger partial charge in [-0.3, -0.25) is 0 Å². The van der Waals surface area contributed by atoms with Crippen molar-refractivity contribution in [3.63, 3.8) is 0 Å². The molecule has 1 aromatic heterocycles. The molecule has 0 saturated heterocycles. The van der Waals surface area contributed by atoms with E-state index in [1.54, 1.807) is 13.0 Å². The van der Waals surface area contributed by atoms with E-state index in [1.165, 1.54) is 0 Å². The van der Waals surface area contributed by atoms with Crippen molar-refractivity contribution < 1.29 is 0 Å². The van der Waals surface area contributed by atoms with Crippen molar-refractivity contribution in [3.8, 4) is 0 Å². The van der Waals surface area contributed by atoms with E-state index in [1.807, 2.05) is 0 Å². The fourth-order valence-electron chi connectivity index (χ4n) is 0.640. The molecule has 0 aromatic carbocycles. The lowest BCUT2D eigenvalue weighted by molar-refractivity contribution is 0.775. The van der Waals surface area contributed by atoms with Crippen molar-refractivity contribution in [2.45, 2.75) is 13.0 Å². The van der Waals surface area contributed by atoms with Crippen molar-refractivity contribution in [1.82, 2.24) is 9.97 Å². The average Bonchev–Trinajstić information content (AvgIpc) is 1.85. The molecule has 0 fully saturated rings. The van der Waals surface area contributed by atoms with Crippen LogP contribution >= 0.6 is 23.2 Å². The molecular formula is C6H7Cl2N3. The molecule has 60 valence electrons. The normalized spacial score (nSPS) is 13.1. The van der Waals surface area contributed by atoms with E-state index >= 15 is 0 Å². The Labute approximate surface area is 74.5 Å². The van der Waals surface area contributed by atoms with Crippen molar-refractivity contribution in [3.05, 3.63) is 22.2 Å². The van der Waals surface area contributed by atoms with Gasteiger partial charge in [0.1, 0.15) is 5.15 Å². The lowest BCUT2D eigenvalue weighted by Gasteiger charge is -2.03. The summed E-state index contributed by atoms with van der Waals surface area (Å²) in [5.41, 5.74) is 6.19.